The fourth-order valence-electron chi connectivity index (χ4n) is 1.66. The van der Waals surface area contributed by atoms with E-state index >= 15 is 0 Å². The molecule has 0 aliphatic rings. The van der Waals surface area contributed by atoms with Crippen molar-refractivity contribution in [3.63, 3.8) is 0 Å². The van der Waals surface area contributed by atoms with Crippen molar-refractivity contribution in [3.05, 3.63) is 66.0 Å². The summed E-state index contributed by atoms with van der Waals surface area (Å²) < 4.78 is 6.45. The third-order valence-corrected chi connectivity index (χ3v) is 3.46. The molecule has 0 amide bonds. The van der Waals surface area contributed by atoms with Gasteiger partial charge >= 0.3 is 11.7 Å². The number of esters is 1. The molecule has 1 heterocycles. The van der Waals surface area contributed by atoms with Gasteiger partial charge in [0, 0.05) is 6.20 Å². The van der Waals surface area contributed by atoms with E-state index in [-0.39, 0.29) is 0 Å². The van der Waals surface area contributed by atoms with Crippen LogP contribution >= 0.6 is 22.6 Å². The highest BCUT2D eigenvalue weighted by Gasteiger charge is 2.06. The normalized spacial score (nSPS) is 10.3. The zero-order valence-corrected chi connectivity index (χ0v) is 12.7. The van der Waals surface area contributed by atoms with Gasteiger partial charge in [0.15, 0.2) is 0 Å². The summed E-state index contributed by atoms with van der Waals surface area (Å²) in [6, 6.07) is 6.72. The molecule has 0 spiro atoms. The van der Waals surface area contributed by atoms with Gasteiger partial charge in [0.1, 0.15) is 0 Å². The highest BCUT2D eigenvalue weighted by molar-refractivity contribution is 14.1. The third-order valence-electron chi connectivity index (χ3n) is 2.70. The number of halogens is 1. The van der Waals surface area contributed by atoms with Gasteiger partial charge in [-0.25, -0.2) is 9.59 Å². The van der Waals surface area contributed by atoms with E-state index in [1.807, 2.05) is 22.6 Å². The number of nitrogens with one attached hydrogen (secondary N) is 1. The van der Waals surface area contributed by atoms with Crippen LogP contribution in [0.5, 0.6) is 0 Å². The molecule has 0 atom stereocenters. The van der Waals surface area contributed by atoms with Gasteiger partial charge in [0.05, 0.1) is 22.8 Å². The second-order valence-electron chi connectivity index (χ2n) is 4.05. The SMILES string of the molecule is COC(=O)c1ccc(Cn2cc(I)c(=O)[nH]c2=O)cc1. The molecule has 0 aliphatic carbocycles. The predicted octanol–water partition coefficient (Wildman–Crippen LogP) is 0.976. The minimum absolute atomic E-state index is 0.313. The van der Waals surface area contributed by atoms with E-state index in [1.54, 1.807) is 24.3 Å². The topological polar surface area (TPSA) is 81.2 Å². The van der Waals surface area contributed by atoms with Gasteiger partial charge in [-0.2, -0.15) is 0 Å². The largest absolute Gasteiger partial charge is 0.465 e. The minimum atomic E-state index is -0.465. The molecule has 0 bridgehead atoms. The first-order chi connectivity index (χ1) is 9.51. The van der Waals surface area contributed by atoms with Crippen molar-refractivity contribution in [2.75, 3.05) is 7.11 Å². The van der Waals surface area contributed by atoms with E-state index < -0.39 is 17.2 Å². The van der Waals surface area contributed by atoms with Crippen molar-refractivity contribution in [1.29, 1.82) is 0 Å². The number of benzene rings is 1. The van der Waals surface area contributed by atoms with Crippen LogP contribution in [0, 0.1) is 3.57 Å². The summed E-state index contributed by atoms with van der Waals surface area (Å²) in [6.07, 6.45) is 1.50. The van der Waals surface area contributed by atoms with Crippen LogP contribution in [-0.4, -0.2) is 22.6 Å². The molecule has 7 heteroatoms. The van der Waals surface area contributed by atoms with E-state index in [4.69, 9.17) is 0 Å². The molecule has 0 saturated carbocycles. The number of methoxy groups -OCH3 is 1. The van der Waals surface area contributed by atoms with Gasteiger partial charge in [-0.1, -0.05) is 12.1 Å². The second-order valence-corrected chi connectivity index (χ2v) is 5.21. The zero-order chi connectivity index (χ0) is 14.7. The molecule has 2 aromatic rings. The molecule has 0 saturated heterocycles. The average Bonchev–Trinajstić information content (AvgIpc) is 2.44. The average molecular weight is 386 g/mol. The number of H-pyrrole nitrogens is 1. The first-order valence-corrected chi connectivity index (χ1v) is 6.75. The van der Waals surface area contributed by atoms with Crippen LogP contribution in [0.25, 0.3) is 0 Å². The molecule has 20 heavy (non-hydrogen) atoms. The van der Waals surface area contributed by atoms with E-state index in [2.05, 4.69) is 9.72 Å². The molecule has 0 unspecified atom stereocenters. The molecule has 1 aromatic heterocycles. The van der Waals surface area contributed by atoms with Crippen molar-refractivity contribution in [3.8, 4) is 0 Å². The Hall–Kier alpha value is -1.90. The molecule has 2 rings (SSSR count). The number of aromatic amines is 1. The maximum absolute atomic E-state index is 11.6. The Balaban J connectivity index is 2.27. The van der Waals surface area contributed by atoms with Crippen molar-refractivity contribution in [2.24, 2.45) is 0 Å². The molecule has 0 radical (unpaired) electrons. The van der Waals surface area contributed by atoms with Gasteiger partial charge in [0.2, 0.25) is 0 Å². The lowest BCUT2D eigenvalue weighted by molar-refractivity contribution is 0.0600. The van der Waals surface area contributed by atoms with E-state index in [0.717, 1.165) is 5.56 Å². The molecule has 1 aromatic carbocycles. The number of aromatic nitrogens is 2. The summed E-state index contributed by atoms with van der Waals surface area (Å²) in [6.45, 7) is 0.313. The number of carbonyl (C=O) groups is 1. The monoisotopic (exact) mass is 386 g/mol. The van der Waals surface area contributed by atoms with Crippen LogP contribution in [0.15, 0.2) is 40.1 Å². The van der Waals surface area contributed by atoms with Crippen LogP contribution < -0.4 is 11.2 Å². The van der Waals surface area contributed by atoms with Crippen molar-refractivity contribution in [1.82, 2.24) is 9.55 Å². The lowest BCUT2D eigenvalue weighted by atomic mass is 10.1. The number of ether oxygens (including phenoxy) is 1. The Morgan fingerprint density at radius 1 is 1.30 bits per heavy atom. The van der Waals surface area contributed by atoms with Gasteiger partial charge in [-0.3, -0.25) is 14.3 Å². The zero-order valence-electron chi connectivity index (χ0n) is 10.6. The molecule has 1 N–H and O–H groups in total. The van der Waals surface area contributed by atoms with Gasteiger partial charge in [-0.05, 0) is 40.3 Å². The standard InChI is InChI=1S/C13H11IN2O4/c1-20-12(18)9-4-2-8(3-5-9)6-16-7-10(14)11(17)15-13(16)19/h2-5,7H,6H2,1H3,(H,15,17,19). The summed E-state index contributed by atoms with van der Waals surface area (Å²) in [7, 11) is 1.32. The summed E-state index contributed by atoms with van der Waals surface area (Å²) >= 11 is 1.86. The van der Waals surface area contributed by atoms with Crippen LogP contribution in [0.1, 0.15) is 15.9 Å². The molecule has 0 fully saturated rings. The Labute approximate surface area is 127 Å². The van der Waals surface area contributed by atoms with E-state index in [9.17, 15) is 14.4 Å². The summed E-state index contributed by atoms with van der Waals surface area (Å²) in [5, 5.41) is 0. The van der Waals surface area contributed by atoms with Crippen molar-refractivity contribution in [2.45, 2.75) is 6.54 Å². The predicted molar refractivity (Wildman–Crippen MR) is 80.9 cm³/mol. The Bertz CT molecular complexity index is 746. The lowest BCUT2D eigenvalue weighted by Gasteiger charge is -2.06. The summed E-state index contributed by atoms with van der Waals surface area (Å²) in [5.41, 5.74) is 0.419. The quantitative estimate of drug-likeness (QED) is 0.630. The number of rotatable bonds is 3. The summed E-state index contributed by atoms with van der Waals surface area (Å²) in [5.74, 6) is -0.410. The van der Waals surface area contributed by atoms with Crippen LogP contribution in [0.3, 0.4) is 0 Å². The van der Waals surface area contributed by atoms with Crippen LogP contribution in [-0.2, 0) is 11.3 Å². The molecular weight excluding hydrogens is 375 g/mol. The third kappa shape index (κ3) is 3.16. The maximum Gasteiger partial charge on any atom is 0.337 e. The lowest BCUT2D eigenvalue weighted by Crippen LogP contribution is -2.31. The highest BCUT2D eigenvalue weighted by Crippen LogP contribution is 2.07. The van der Waals surface area contributed by atoms with Crippen molar-refractivity contribution < 1.29 is 9.53 Å². The van der Waals surface area contributed by atoms with Gasteiger partial charge in [-0.15, -0.1) is 0 Å². The number of carbonyl (C=O) groups excluding carboxylic acids is 1. The Morgan fingerprint density at radius 2 is 1.95 bits per heavy atom. The Morgan fingerprint density at radius 3 is 2.55 bits per heavy atom. The fraction of sp³-hybridized carbons (Fsp3) is 0.154. The molecule has 104 valence electrons. The van der Waals surface area contributed by atoms with Crippen molar-refractivity contribution >= 4 is 28.6 Å². The fourth-order valence-corrected chi connectivity index (χ4v) is 2.13. The van der Waals surface area contributed by atoms with Gasteiger partial charge in [0.25, 0.3) is 5.56 Å². The Kier molecular flexibility index (Phi) is 4.38. The van der Waals surface area contributed by atoms with E-state index in [0.29, 0.717) is 15.7 Å². The first kappa shape index (κ1) is 14.5. The minimum Gasteiger partial charge on any atom is -0.465 e. The van der Waals surface area contributed by atoms with Crippen LogP contribution in [0.2, 0.25) is 0 Å². The molecule has 6 nitrogen and oxygen atoms in total. The maximum atomic E-state index is 11.6. The number of hydrogen-bond donors (Lipinski definition) is 1. The summed E-state index contributed by atoms with van der Waals surface area (Å²) in [4.78, 5) is 36.5. The van der Waals surface area contributed by atoms with Gasteiger partial charge < -0.3 is 4.74 Å². The first-order valence-electron chi connectivity index (χ1n) is 5.68. The number of nitrogens with zero attached hydrogens (tertiary/aromatic N) is 1. The second kappa shape index (κ2) is 6.04. The van der Waals surface area contributed by atoms with E-state index in [1.165, 1.54) is 17.9 Å². The highest BCUT2D eigenvalue weighted by atomic mass is 127. The molecular formula is C13H11IN2O4. The smallest absolute Gasteiger partial charge is 0.337 e. The molecule has 0 aliphatic heterocycles. The number of hydrogen-bond acceptors (Lipinski definition) is 4. The van der Waals surface area contributed by atoms with Crippen LogP contribution in [0.4, 0.5) is 0 Å².